The molecule has 0 radical (unpaired) electrons. The number of carbonyl (C=O) groups is 2. The van der Waals surface area contributed by atoms with Crippen molar-refractivity contribution in [2.75, 3.05) is 18.5 Å². The number of thiazole rings is 1. The predicted molar refractivity (Wildman–Crippen MR) is 87.1 cm³/mol. The number of aryl methyl sites for hydroxylation is 1. The second kappa shape index (κ2) is 6.89. The molecule has 1 saturated heterocycles. The summed E-state index contributed by atoms with van der Waals surface area (Å²) in [6.45, 7) is 2.50. The van der Waals surface area contributed by atoms with Crippen LogP contribution in [0.4, 0.5) is 5.13 Å². The molecule has 1 fully saturated rings. The molecule has 2 amide bonds. The molecule has 1 aromatic carbocycles. The highest BCUT2D eigenvalue weighted by atomic mass is 32.1. The molecule has 23 heavy (non-hydrogen) atoms. The van der Waals surface area contributed by atoms with Gasteiger partial charge in [0.2, 0.25) is 5.91 Å². The molecular weight excluding hydrogens is 314 g/mol. The molecule has 1 N–H and O–H groups in total. The second-order valence-electron chi connectivity index (χ2n) is 5.30. The molecule has 1 aromatic heterocycles. The van der Waals surface area contributed by atoms with Crippen LogP contribution in [0.2, 0.25) is 0 Å². The topological polar surface area (TPSA) is 71.5 Å². The van der Waals surface area contributed by atoms with Gasteiger partial charge < -0.3 is 15.0 Å². The fourth-order valence-electron chi connectivity index (χ4n) is 2.40. The van der Waals surface area contributed by atoms with Crippen LogP contribution in [0.3, 0.4) is 0 Å². The lowest BCUT2D eigenvalue weighted by molar-refractivity contribution is -0.154. The first-order chi connectivity index (χ1) is 11.1. The van der Waals surface area contributed by atoms with E-state index in [1.807, 2.05) is 37.3 Å². The molecule has 2 aromatic rings. The van der Waals surface area contributed by atoms with E-state index < -0.39 is 6.04 Å². The molecule has 0 aliphatic carbocycles. The van der Waals surface area contributed by atoms with Crippen molar-refractivity contribution >= 4 is 28.3 Å². The number of anilines is 1. The predicted octanol–water partition coefficient (Wildman–Crippen LogP) is 1.82. The van der Waals surface area contributed by atoms with Gasteiger partial charge in [0.15, 0.2) is 5.13 Å². The van der Waals surface area contributed by atoms with Crippen LogP contribution in [-0.2, 0) is 20.9 Å². The summed E-state index contributed by atoms with van der Waals surface area (Å²) < 4.78 is 5.26. The van der Waals surface area contributed by atoms with Crippen LogP contribution in [0.25, 0.3) is 0 Å². The normalized spacial score (nSPS) is 18.0. The Balaban J connectivity index is 1.74. The van der Waals surface area contributed by atoms with Crippen molar-refractivity contribution in [3.8, 4) is 0 Å². The van der Waals surface area contributed by atoms with Crippen molar-refractivity contribution in [3.63, 3.8) is 0 Å². The summed E-state index contributed by atoms with van der Waals surface area (Å²) in [6, 6.07) is 8.95. The van der Waals surface area contributed by atoms with Gasteiger partial charge in [-0.25, -0.2) is 4.98 Å². The zero-order valence-corrected chi connectivity index (χ0v) is 13.5. The first-order valence-electron chi connectivity index (χ1n) is 7.28. The highest BCUT2D eigenvalue weighted by Crippen LogP contribution is 2.19. The summed E-state index contributed by atoms with van der Waals surface area (Å²) in [5.41, 5.74) is 0.977. The Labute approximate surface area is 138 Å². The molecule has 2 heterocycles. The summed E-state index contributed by atoms with van der Waals surface area (Å²) in [5.74, 6) is -0.459. The molecule has 0 bridgehead atoms. The Morgan fingerprint density at radius 2 is 2.22 bits per heavy atom. The van der Waals surface area contributed by atoms with Gasteiger partial charge in [-0.3, -0.25) is 9.59 Å². The molecule has 3 rings (SSSR count). The molecule has 7 heteroatoms. The summed E-state index contributed by atoms with van der Waals surface area (Å²) in [7, 11) is 0. The minimum Gasteiger partial charge on any atom is -0.369 e. The number of ether oxygens (including phenoxy) is 1. The Kier molecular flexibility index (Phi) is 4.68. The van der Waals surface area contributed by atoms with Gasteiger partial charge in [0.1, 0.15) is 12.6 Å². The van der Waals surface area contributed by atoms with Crippen molar-refractivity contribution in [2.24, 2.45) is 0 Å². The Morgan fingerprint density at radius 1 is 1.43 bits per heavy atom. The molecule has 6 nitrogen and oxygen atoms in total. The lowest BCUT2D eigenvalue weighted by atomic mass is 10.1. The lowest BCUT2D eigenvalue weighted by Crippen LogP contribution is -2.54. The van der Waals surface area contributed by atoms with E-state index in [-0.39, 0.29) is 25.0 Å². The first-order valence-corrected chi connectivity index (χ1v) is 8.09. The zero-order chi connectivity index (χ0) is 16.2. The highest BCUT2D eigenvalue weighted by Gasteiger charge is 2.34. The smallest absolute Gasteiger partial charge is 0.251 e. The fourth-order valence-corrected chi connectivity index (χ4v) is 3.07. The number of morpholine rings is 1. The van der Waals surface area contributed by atoms with Gasteiger partial charge in [0.05, 0.1) is 6.61 Å². The van der Waals surface area contributed by atoms with E-state index in [2.05, 4.69) is 10.3 Å². The van der Waals surface area contributed by atoms with E-state index in [1.165, 1.54) is 11.3 Å². The Morgan fingerprint density at radius 3 is 2.91 bits per heavy atom. The molecule has 120 valence electrons. The summed E-state index contributed by atoms with van der Waals surface area (Å²) in [6.07, 6.45) is 1.70. The van der Waals surface area contributed by atoms with Crippen molar-refractivity contribution in [2.45, 2.75) is 19.5 Å². The number of nitrogens with one attached hydrogen (secondary N) is 1. The van der Waals surface area contributed by atoms with E-state index in [9.17, 15) is 9.59 Å². The third-order valence-corrected chi connectivity index (χ3v) is 4.38. The SMILES string of the molecule is Cc1cnc(NC(=O)[C@@H]2COCC(=O)N2Cc2ccccc2)s1. The minimum atomic E-state index is -0.652. The van der Waals surface area contributed by atoms with Crippen LogP contribution in [-0.4, -0.2) is 41.0 Å². The number of benzene rings is 1. The van der Waals surface area contributed by atoms with Crippen LogP contribution in [0.5, 0.6) is 0 Å². The van der Waals surface area contributed by atoms with Gasteiger partial charge in [-0.05, 0) is 12.5 Å². The van der Waals surface area contributed by atoms with Crippen LogP contribution >= 0.6 is 11.3 Å². The van der Waals surface area contributed by atoms with Gasteiger partial charge in [0.25, 0.3) is 5.91 Å². The maximum atomic E-state index is 12.5. The third kappa shape index (κ3) is 3.75. The van der Waals surface area contributed by atoms with Crippen LogP contribution in [0.1, 0.15) is 10.4 Å². The summed E-state index contributed by atoms with van der Waals surface area (Å²) in [4.78, 5) is 31.4. The number of carbonyl (C=O) groups excluding carboxylic acids is 2. The van der Waals surface area contributed by atoms with Gasteiger partial charge in [-0.15, -0.1) is 11.3 Å². The molecule has 1 aliphatic heterocycles. The second-order valence-corrected chi connectivity index (χ2v) is 6.54. The molecule has 1 aliphatic rings. The quantitative estimate of drug-likeness (QED) is 0.927. The molecule has 0 spiro atoms. The van der Waals surface area contributed by atoms with Gasteiger partial charge in [0, 0.05) is 17.6 Å². The third-order valence-electron chi connectivity index (χ3n) is 3.55. The van der Waals surface area contributed by atoms with Gasteiger partial charge in [-0.2, -0.15) is 0 Å². The highest BCUT2D eigenvalue weighted by molar-refractivity contribution is 7.15. The monoisotopic (exact) mass is 331 g/mol. The Bertz CT molecular complexity index is 702. The summed E-state index contributed by atoms with van der Waals surface area (Å²) >= 11 is 1.40. The van der Waals surface area contributed by atoms with E-state index >= 15 is 0 Å². The average molecular weight is 331 g/mol. The van der Waals surface area contributed by atoms with E-state index in [4.69, 9.17) is 4.74 Å². The maximum absolute atomic E-state index is 12.5. The number of rotatable bonds is 4. The number of nitrogens with zero attached hydrogens (tertiary/aromatic N) is 2. The van der Waals surface area contributed by atoms with Crippen LogP contribution < -0.4 is 5.32 Å². The number of hydrogen-bond acceptors (Lipinski definition) is 5. The van der Waals surface area contributed by atoms with Gasteiger partial charge >= 0.3 is 0 Å². The largest absolute Gasteiger partial charge is 0.369 e. The van der Waals surface area contributed by atoms with E-state index in [0.717, 1.165) is 10.4 Å². The maximum Gasteiger partial charge on any atom is 0.251 e. The lowest BCUT2D eigenvalue weighted by Gasteiger charge is -2.34. The minimum absolute atomic E-state index is 0.00692. The molecule has 0 saturated carbocycles. The molecule has 0 unspecified atom stereocenters. The fraction of sp³-hybridized carbons (Fsp3) is 0.312. The zero-order valence-electron chi connectivity index (χ0n) is 12.7. The molecule has 1 atom stereocenters. The number of amides is 2. The number of aromatic nitrogens is 1. The van der Waals surface area contributed by atoms with Crippen LogP contribution in [0, 0.1) is 6.92 Å². The standard InChI is InChI=1S/C16H17N3O3S/c1-11-7-17-16(23-11)18-15(21)13-9-22-10-14(20)19(13)8-12-5-3-2-4-6-12/h2-7,13H,8-10H2,1H3,(H,17,18,21)/t13-/m0/s1. The summed E-state index contributed by atoms with van der Waals surface area (Å²) in [5, 5.41) is 3.30. The average Bonchev–Trinajstić information content (AvgIpc) is 2.95. The number of hydrogen-bond donors (Lipinski definition) is 1. The first kappa shape index (κ1) is 15.6. The van der Waals surface area contributed by atoms with Crippen LogP contribution in [0.15, 0.2) is 36.5 Å². The van der Waals surface area contributed by atoms with Crippen molar-refractivity contribution in [1.29, 1.82) is 0 Å². The van der Waals surface area contributed by atoms with E-state index in [0.29, 0.717) is 11.7 Å². The van der Waals surface area contributed by atoms with E-state index in [1.54, 1.807) is 11.1 Å². The van der Waals surface area contributed by atoms with Crippen molar-refractivity contribution in [1.82, 2.24) is 9.88 Å². The Hall–Kier alpha value is -2.25. The van der Waals surface area contributed by atoms with Crippen molar-refractivity contribution < 1.29 is 14.3 Å². The molecular formula is C16H17N3O3S. The van der Waals surface area contributed by atoms with Crippen molar-refractivity contribution in [3.05, 3.63) is 47.0 Å². The van der Waals surface area contributed by atoms with Gasteiger partial charge in [-0.1, -0.05) is 30.3 Å².